The number of piperazine rings is 1. The van der Waals surface area contributed by atoms with Gasteiger partial charge in [-0.2, -0.15) is 4.98 Å². The number of nitrogens with zero attached hydrogens (tertiary/aromatic N) is 7. The Kier molecular flexibility index (Phi) is 6.25. The molecule has 1 saturated carbocycles. The first-order valence-corrected chi connectivity index (χ1v) is 14.8. The van der Waals surface area contributed by atoms with Crippen molar-refractivity contribution in [3.63, 3.8) is 0 Å². The second-order valence-corrected chi connectivity index (χ2v) is 12.4. The van der Waals surface area contributed by atoms with E-state index in [-0.39, 0.29) is 17.5 Å². The molecule has 0 bridgehead atoms. The van der Waals surface area contributed by atoms with Crippen molar-refractivity contribution in [1.82, 2.24) is 29.2 Å². The van der Waals surface area contributed by atoms with Gasteiger partial charge in [0.05, 0.1) is 12.2 Å². The van der Waals surface area contributed by atoms with Crippen molar-refractivity contribution >= 4 is 28.4 Å². The first-order chi connectivity index (χ1) is 20.2. The van der Waals surface area contributed by atoms with Gasteiger partial charge < -0.3 is 20.2 Å². The number of hydrogen-bond acceptors (Lipinski definition) is 8. The third-order valence-corrected chi connectivity index (χ3v) is 9.68. The summed E-state index contributed by atoms with van der Waals surface area (Å²) in [5, 5.41) is 15.4. The molecule has 1 saturated heterocycles. The molecule has 10 nitrogen and oxygen atoms in total. The number of benzene rings is 1. The van der Waals surface area contributed by atoms with Gasteiger partial charge in [0.15, 0.2) is 11.5 Å². The Labute approximate surface area is 245 Å². The van der Waals surface area contributed by atoms with Gasteiger partial charge in [-0.15, -0.1) is 6.58 Å². The highest BCUT2D eigenvalue weighted by molar-refractivity contribution is 5.77. The van der Waals surface area contributed by atoms with Crippen LogP contribution in [0.15, 0.2) is 54.0 Å². The maximum absolute atomic E-state index is 13.5. The predicted molar refractivity (Wildman–Crippen MR) is 165 cm³/mol. The number of pyridine rings is 1. The van der Waals surface area contributed by atoms with E-state index < -0.39 is 5.60 Å². The molecule has 42 heavy (non-hydrogen) atoms. The minimum atomic E-state index is -1.01. The number of nitrogens with one attached hydrogen (secondary N) is 1. The van der Waals surface area contributed by atoms with Gasteiger partial charge in [-0.1, -0.05) is 12.1 Å². The zero-order valence-electron chi connectivity index (χ0n) is 24.6. The summed E-state index contributed by atoms with van der Waals surface area (Å²) in [4.78, 5) is 32.6. The van der Waals surface area contributed by atoms with Gasteiger partial charge >= 0.3 is 0 Å². The lowest BCUT2D eigenvalue weighted by Gasteiger charge is -2.38. The molecule has 1 aromatic carbocycles. The predicted octanol–water partition coefficient (Wildman–Crippen LogP) is 3.90. The summed E-state index contributed by atoms with van der Waals surface area (Å²) in [7, 11) is 2.16. The number of aliphatic hydroxyl groups is 1. The molecule has 4 heterocycles. The summed E-state index contributed by atoms with van der Waals surface area (Å²) in [6.07, 6.45) is 7.14. The van der Waals surface area contributed by atoms with E-state index in [1.807, 2.05) is 25.1 Å². The molecule has 3 aliphatic rings. The fourth-order valence-corrected chi connectivity index (χ4v) is 6.85. The maximum Gasteiger partial charge on any atom is 0.278 e. The van der Waals surface area contributed by atoms with Crippen molar-refractivity contribution < 1.29 is 5.11 Å². The first-order valence-electron chi connectivity index (χ1n) is 14.8. The van der Waals surface area contributed by atoms with Crippen LogP contribution in [-0.2, 0) is 18.6 Å². The Bertz CT molecular complexity index is 1760. The molecule has 10 heteroatoms. The van der Waals surface area contributed by atoms with E-state index in [1.165, 1.54) is 11.3 Å². The standard InChI is InChI=1S/C32H38N8O2/c1-5-14-39-29(41)24-20-33-30(34-23-7-8-25(21(2)19-23)38-17-15-37(4)16-18-38)36-28(24)40(39)26-9-6-22-10-11-32(12-13-32)31(3,42)27(22)35-26/h5-9,19-20,42H,1,10-18H2,2-4H3,(H,33,34,36). The average Bonchev–Trinajstić information content (AvgIpc) is 3.72. The van der Waals surface area contributed by atoms with Crippen molar-refractivity contribution in [2.45, 2.75) is 51.7 Å². The number of aromatic nitrogens is 5. The van der Waals surface area contributed by atoms with Crippen LogP contribution in [0.4, 0.5) is 17.3 Å². The third-order valence-electron chi connectivity index (χ3n) is 9.68. The highest BCUT2D eigenvalue weighted by Gasteiger charge is 2.59. The van der Waals surface area contributed by atoms with E-state index in [1.54, 1.807) is 21.6 Å². The lowest BCUT2D eigenvalue weighted by Crippen LogP contribution is -2.44. The molecule has 7 rings (SSSR count). The molecular formula is C32H38N8O2. The van der Waals surface area contributed by atoms with Gasteiger partial charge in [0, 0.05) is 49.2 Å². The molecule has 2 fully saturated rings. The second kappa shape index (κ2) is 9.78. The van der Waals surface area contributed by atoms with E-state index >= 15 is 0 Å². The van der Waals surface area contributed by atoms with Gasteiger partial charge in [-0.25, -0.2) is 19.3 Å². The lowest BCUT2D eigenvalue weighted by molar-refractivity contribution is -0.0371. The summed E-state index contributed by atoms with van der Waals surface area (Å²) >= 11 is 0. The molecule has 0 radical (unpaired) electrons. The van der Waals surface area contributed by atoms with Crippen molar-refractivity contribution in [2.75, 3.05) is 43.4 Å². The monoisotopic (exact) mass is 566 g/mol. The van der Waals surface area contributed by atoms with Crippen LogP contribution in [0, 0.1) is 12.3 Å². The molecule has 2 aliphatic carbocycles. The van der Waals surface area contributed by atoms with Crippen LogP contribution < -0.4 is 15.8 Å². The minimum Gasteiger partial charge on any atom is -0.383 e. The van der Waals surface area contributed by atoms with E-state index in [0.717, 1.165) is 63.1 Å². The Balaban J connectivity index is 1.26. The number of rotatable bonds is 6. The highest BCUT2D eigenvalue weighted by Crippen LogP contribution is 2.63. The Morgan fingerprint density at radius 1 is 1.10 bits per heavy atom. The normalized spacial score (nSPS) is 21.5. The molecule has 218 valence electrons. The van der Waals surface area contributed by atoms with Crippen LogP contribution >= 0.6 is 0 Å². The maximum atomic E-state index is 13.5. The van der Waals surface area contributed by atoms with Crippen molar-refractivity contribution in [3.05, 3.63) is 76.4 Å². The van der Waals surface area contributed by atoms with Crippen LogP contribution in [0.1, 0.15) is 43.0 Å². The Morgan fingerprint density at radius 3 is 2.60 bits per heavy atom. The van der Waals surface area contributed by atoms with Gasteiger partial charge in [-0.05, 0) is 82.0 Å². The van der Waals surface area contributed by atoms with Gasteiger partial charge in [0.2, 0.25) is 5.95 Å². The SMILES string of the molecule is C=CCn1c(=O)c2cnc(Nc3ccc(N4CCN(C)CC4)c(C)c3)nc2n1-c1ccc2c(n1)C(C)(O)C1(CC2)CC1. The average molecular weight is 567 g/mol. The molecule has 1 aliphatic heterocycles. The van der Waals surface area contributed by atoms with Crippen LogP contribution in [0.2, 0.25) is 0 Å². The fraction of sp³-hybridized carbons (Fsp3) is 0.438. The number of fused-ring (bicyclic) bond motifs is 2. The summed E-state index contributed by atoms with van der Waals surface area (Å²) in [6, 6.07) is 10.2. The van der Waals surface area contributed by atoms with Gasteiger partial charge in [0.1, 0.15) is 11.0 Å². The topological polar surface area (TPSA) is 104 Å². The quantitative estimate of drug-likeness (QED) is 0.339. The number of anilines is 3. The second-order valence-electron chi connectivity index (χ2n) is 12.4. The number of aryl methyl sites for hydroxylation is 2. The lowest BCUT2D eigenvalue weighted by atomic mass is 9.72. The molecular weight excluding hydrogens is 528 g/mol. The van der Waals surface area contributed by atoms with E-state index in [0.29, 0.717) is 28.5 Å². The molecule has 0 amide bonds. The molecule has 4 aromatic rings. The third kappa shape index (κ3) is 4.23. The smallest absolute Gasteiger partial charge is 0.278 e. The van der Waals surface area contributed by atoms with Crippen molar-refractivity contribution in [1.29, 1.82) is 0 Å². The molecule has 1 atom stereocenters. The van der Waals surface area contributed by atoms with Crippen LogP contribution in [-0.4, -0.2) is 67.5 Å². The molecule has 2 N–H and O–H groups in total. The molecule has 3 aromatic heterocycles. The Morgan fingerprint density at radius 2 is 1.88 bits per heavy atom. The summed E-state index contributed by atoms with van der Waals surface area (Å²) in [6.45, 7) is 12.3. The Hall–Kier alpha value is -4.02. The van der Waals surface area contributed by atoms with Crippen LogP contribution in [0.3, 0.4) is 0 Å². The van der Waals surface area contributed by atoms with Crippen molar-refractivity contribution in [3.8, 4) is 5.82 Å². The molecule has 1 spiro atoms. The minimum absolute atomic E-state index is 0.0948. The van der Waals surface area contributed by atoms with Gasteiger partial charge in [0.25, 0.3) is 5.56 Å². The van der Waals surface area contributed by atoms with E-state index in [9.17, 15) is 9.90 Å². The van der Waals surface area contributed by atoms with Crippen molar-refractivity contribution in [2.24, 2.45) is 5.41 Å². The number of allylic oxidation sites excluding steroid dienone is 1. The zero-order chi connectivity index (χ0) is 29.2. The summed E-state index contributed by atoms with van der Waals surface area (Å²) in [5.41, 5.74) is 4.18. The zero-order valence-corrected chi connectivity index (χ0v) is 24.6. The summed E-state index contributed by atoms with van der Waals surface area (Å²) in [5.74, 6) is 0.929. The first kappa shape index (κ1) is 26.9. The van der Waals surface area contributed by atoms with E-state index in [2.05, 4.69) is 52.8 Å². The van der Waals surface area contributed by atoms with Gasteiger partial charge in [-0.3, -0.25) is 4.79 Å². The number of hydrogen-bond donors (Lipinski definition) is 2. The highest BCUT2D eigenvalue weighted by atomic mass is 16.3. The fourth-order valence-electron chi connectivity index (χ4n) is 6.85. The number of likely N-dealkylation sites (N-methyl/N-ethyl adjacent to an activating group) is 1. The van der Waals surface area contributed by atoms with Crippen LogP contribution in [0.5, 0.6) is 0 Å². The van der Waals surface area contributed by atoms with E-state index in [4.69, 9.17) is 9.97 Å². The van der Waals surface area contributed by atoms with Crippen LogP contribution in [0.25, 0.3) is 16.9 Å². The molecule has 1 unspecified atom stereocenters. The summed E-state index contributed by atoms with van der Waals surface area (Å²) < 4.78 is 3.31. The largest absolute Gasteiger partial charge is 0.383 e.